The van der Waals surface area contributed by atoms with Crippen LogP contribution in [0.5, 0.6) is 0 Å². The van der Waals surface area contributed by atoms with Gasteiger partial charge in [-0.25, -0.2) is 13.6 Å². The fourth-order valence-corrected chi connectivity index (χ4v) is 2.19. The molecule has 0 bridgehead atoms. The molecule has 2 rings (SSSR count). The van der Waals surface area contributed by atoms with Crippen LogP contribution in [0.2, 0.25) is 0 Å². The normalized spacial score (nSPS) is 10.3. The summed E-state index contributed by atoms with van der Waals surface area (Å²) in [7, 11) is 1.18. The topological polar surface area (TPSA) is 38.3 Å². The van der Waals surface area contributed by atoms with Crippen LogP contribution in [0.15, 0.2) is 40.9 Å². The van der Waals surface area contributed by atoms with E-state index >= 15 is 0 Å². The van der Waals surface area contributed by atoms with E-state index in [9.17, 15) is 13.6 Å². The van der Waals surface area contributed by atoms with Crippen LogP contribution in [-0.2, 0) is 11.3 Å². The minimum Gasteiger partial charge on any atom is -0.465 e. The summed E-state index contributed by atoms with van der Waals surface area (Å²) < 4.78 is 32.4. The first-order chi connectivity index (χ1) is 10.0. The van der Waals surface area contributed by atoms with Crippen molar-refractivity contribution in [3.8, 4) is 0 Å². The molecule has 0 aliphatic rings. The van der Waals surface area contributed by atoms with Crippen molar-refractivity contribution in [2.24, 2.45) is 0 Å². The summed E-state index contributed by atoms with van der Waals surface area (Å²) in [6.07, 6.45) is 0. The van der Waals surface area contributed by atoms with Crippen LogP contribution >= 0.6 is 15.9 Å². The number of esters is 1. The maximum Gasteiger partial charge on any atom is 0.340 e. The Morgan fingerprint density at radius 1 is 1.19 bits per heavy atom. The maximum absolute atomic E-state index is 13.6. The van der Waals surface area contributed by atoms with E-state index in [4.69, 9.17) is 0 Å². The van der Waals surface area contributed by atoms with Gasteiger partial charge in [-0.05, 0) is 36.4 Å². The Balaban J connectivity index is 2.17. The standard InChI is InChI=1S/C15H12BrF2NO2/c1-21-15(20)12-7-11(3-5-14(12)18)19-8-9-6-10(16)2-4-13(9)17/h2-7,19H,8H2,1H3. The van der Waals surface area contributed by atoms with Gasteiger partial charge in [0.25, 0.3) is 0 Å². The zero-order valence-corrected chi connectivity index (χ0v) is 12.7. The Kier molecular flexibility index (Phi) is 4.90. The Morgan fingerprint density at radius 2 is 1.90 bits per heavy atom. The predicted molar refractivity (Wildman–Crippen MR) is 79.2 cm³/mol. The van der Waals surface area contributed by atoms with Crippen molar-refractivity contribution in [2.45, 2.75) is 6.54 Å². The highest BCUT2D eigenvalue weighted by atomic mass is 79.9. The van der Waals surface area contributed by atoms with Gasteiger partial charge >= 0.3 is 5.97 Å². The number of hydrogen-bond acceptors (Lipinski definition) is 3. The Morgan fingerprint density at radius 3 is 2.62 bits per heavy atom. The lowest BCUT2D eigenvalue weighted by Crippen LogP contribution is -2.07. The predicted octanol–water partition coefficient (Wildman–Crippen LogP) is 4.13. The zero-order chi connectivity index (χ0) is 15.4. The van der Waals surface area contributed by atoms with E-state index in [1.807, 2.05) is 0 Å². The van der Waals surface area contributed by atoms with Crippen LogP contribution < -0.4 is 5.32 Å². The minimum atomic E-state index is -0.759. The number of ether oxygens (including phenoxy) is 1. The van der Waals surface area contributed by atoms with Crippen molar-refractivity contribution in [2.75, 3.05) is 12.4 Å². The number of benzene rings is 2. The lowest BCUT2D eigenvalue weighted by molar-refractivity contribution is 0.0595. The molecule has 21 heavy (non-hydrogen) atoms. The molecule has 2 aromatic rings. The molecule has 2 aromatic carbocycles. The first kappa shape index (κ1) is 15.4. The number of methoxy groups -OCH3 is 1. The molecule has 110 valence electrons. The van der Waals surface area contributed by atoms with Crippen LogP contribution in [-0.4, -0.2) is 13.1 Å². The highest BCUT2D eigenvalue weighted by molar-refractivity contribution is 9.10. The third-order valence-corrected chi connectivity index (χ3v) is 3.36. The van der Waals surface area contributed by atoms with Gasteiger partial charge in [0.1, 0.15) is 11.6 Å². The van der Waals surface area contributed by atoms with Gasteiger partial charge in [-0.1, -0.05) is 15.9 Å². The maximum atomic E-state index is 13.6. The second-order valence-corrected chi connectivity index (χ2v) is 5.19. The van der Waals surface area contributed by atoms with Gasteiger partial charge in [-0.15, -0.1) is 0 Å². The van der Waals surface area contributed by atoms with Crippen LogP contribution in [0.1, 0.15) is 15.9 Å². The molecule has 0 fully saturated rings. The third-order valence-electron chi connectivity index (χ3n) is 2.86. The molecule has 0 unspecified atom stereocenters. The molecule has 0 heterocycles. The van der Waals surface area contributed by atoms with Gasteiger partial charge in [0, 0.05) is 22.3 Å². The van der Waals surface area contributed by atoms with E-state index in [-0.39, 0.29) is 17.9 Å². The Hall–Kier alpha value is -1.95. The number of carbonyl (C=O) groups is 1. The van der Waals surface area contributed by atoms with E-state index < -0.39 is 11.8 Å². The molecular formula is C15H12BrF2NO2. The number of rotatable bonds is 4. The van der Waals surface area contributed by atoms with Gasteiger partial charge in [0.15, 0.2) is 0 Å². The van der Waals surface area contributed by atoms with Gasteiger partial charge < -0.3 is 10.1 Å². The van der Waals surface area contributed by atoms with E-state index in [2.05, 4.69) is 26.0 Å². The first-order valence-electron chi connectivity index (χ1n) is 6.07. The Labute approximate surface area is 129 Å². The molecule has 3 nitrogen and oxygen atoms in total. The van der Waals surface area contributed by atoms with Crippen LogP contribution in [0.3, 0.4) is 0 Å². The molecular weight excluding hydrogens is 344 g/mol. The number of hydrogen-bond donors (Lipinski definition) is 1. The van der Waals surface area contributed by atoms with Crippen molar-refractivity contribution in [3.63, 3.8) is 0 Å². The molecule has 0 aliphatic carbocycles. The fourth-order valence-electron chi connectivity index (χ4n) is 1.78. The molecule has 0 amide bonds. The molecule has 1 N–H and O–H groups in total. The third kappa shape index (κ3) is 3.78. The lowest BCUT2D eigenvalue weighted by atomic mass is 10.1. The average molecular weight is 356 g/mol. The monoisotopic (exact) mass is 355 g/mol. The van der Waals surface area contributed by atoms with Crippen LogP contribution in [0.4, 0.5) is 14.5 Å². The van der Waals surface area contributed by atoms with Gasteiger partial charge in [-0.2, -0.15) is 0 Å². The quantitative estimate of drug-likeness (QED) is 0.838. The summed E-state index contributed by atoms with van der Waals surface area (Å²) in [4.78, 5) is 11.4. The van der Waals surface area contributed by atoms with E-state index in [1.54, 1.807) is 12.1 Å². The SMILES string of the molecule is COC(=O)c1cc(NCc2cc(Br)ccc2F)ccc1F. The van der Waals surface area contributed by atoms with Gasteiger partial charge in [0.2, 0.25) is 0 Å². The molecule has 0 aromatic heterocycles. The van der Waals surface area contributed by atoms with Crippen molar-refractivity contribution in [3.05, 3.63) is 63.6 Å². The number of nitrogens with one attached hydrogen (secondary N) is 1. The first-order valence-corrected chi connectivity index (χ1v) is 6.86. The van der Waals surface area contributed by atoms with Crippen molar-refractivity contribution in [1.82, 2.24) is 0 Å². The second kappa shape index (κ2) is 6.67. The van der Waals surface area contributed by atoms with E-state index in [0.717, 1.165) is 10.5 Å². The number of carbonyl (C=O) groups excluding carboxylic acids is 1. The van der Waals surface area contributed by atoms with Crippen LogP contribution in [0.25, 0.3) is 0 Å². The second-order valence-electron chi connectivity index (χ2n) is 4.28. The molecule has 0 spiro atoms. The fraction of sp³-hybridized carbons (Fsp3) is 0.133. The summed E-state index contributed by atoms with van der Waals surface area (Å²) in [5, 5.41) is 2.94. The lowest BCUT2D eigenvalue weighted by Gasteiger charge is -2.09. The minimum absolute atomic E-state index is 0.169. The van der Waals surface area contributed by atoms with Gasteiger partial charge in [0.05, 0.1) is 12.7 Å². The summed E-state index contributed by atoms with van der Waals surface area (Å²) in [6.45, 7) is 0.206. The highest BCUT2D eigenvalue weighted by Crippen LogP contribution is 2.19. The van der Waals surface area contributed by atoms with E-state index in [0.29, 0.717) is 11.3 Å². The largest absolute Gasteiger partial charge is 0.465 e. The van der Waals surface area contributed by atoms with E-state index in [1.165, 1.54) is 25.3 Å². The number of halogens is 3. The summed E-state index contributed by atoms with van der Waals surface area (Å²) in [5.74, 6) is -1.77. The summed E-state index contributed by atoms with van der Waals surface area (Å²) in [6, 6.07) is 8.56. The van der Waals surface area contributed by atoms with Crippen LogP contribution in [0, 0.1) is 11.6 Å². The Bertz CT molecular complexity index is 677. The van der Waals surface area contributed by atoms with Crippen molar-refractivity contribution >= 4 is 27.6 Å². The molecule has 0 radical (unpaired) electrons. The molecule has 6 heteroatoms. The average Bonchev–Trinajstić information content (AvgIpc) is 2.48. The summed E-state index contributed by atoms with van der Waals surface area (Å²) >= 11 is 3.27. The van der Waals surface area contributed by atoms with Crippen molar-refractivity contribution in [1.29, 1.82) is 0 Å². The van der Waals surface area contributed by atoms with Gasteiger partial charge in [-0.3, -0.25) is 0 Å². The molecule has 0 aliphatic heterocycles. The smallest absolute Gasteiger partial charge is 0.340 e. The highest BCUT2D eigenvalue weighted by Gasteiger charge is 2.13. The summed E-state index contributed by atoms with van der Waals surface area (Å²) in [5.41, 5.74) is 0.779. The molecule has 0 atom stereocenters. The molecule has 0 saturated carbocycles. The molecule has 0 saturated heterocycles. The number of anilines is 1. The van der Waals surface area contributed by atoms with Crippen molar-refractivity contribution < 1.29 is 18.3 Å². The zero-order valence-electron chi connectivity index (χ0n) is 11.1.